The molecule has 0 aromatic carbocycles. The first-order chi connectivity index (χ1) is 21.0. The van der Waals surface area contributed by atoms with E-state index in [4.69, 9.17) is 10.5 Å². The molecule has 0 spiro atoms. The topological polar surface area (TPSA) is 116 Å². The van der Waals surface area contributed by atoms with Gasteiger partial charge in [0.2, 0.25) is 5.91 Å². The number of aliphatic hydroxyl groups is 3. The summed E-state index contributed by atoms with van der Waals surface area (Å²) in [6.45, 7) is 4.63. The summed E-state index contributed by atoms with van der Waals surface area (Å²) in [5, 5.41) is 31.0. The molecule has 1 amide bonds. The first kappa shape index (κ1) is 40.3. The summed E-state index contributed by atoms with van der Waals surface area (Å²) in [5.74, 6) is -0.0488. The van der Waals surface area contributed by atoms with Crippen LogP contribution < -0.4 is 5.73 Å². The molecular formula is C36H72N2O5. The molecule has 5 N–H and O–H groups in total. The number of ether oxygens (including phenoxy) is 1. The van der Waals surface area contributed by atoms with E-state index < -0.39 is 30.6 Å². The van der Waals surface area contributed by atoms with Gasteiger partial charge in [-0.1, -0.05) is 162 Å². The fraction of sp³-hybridized carbons (Fsp3) is 0.972. The Kier molecular flexibility index (Phi) is 25.8. The van der Waals surface area contributed by atoms with Crippen molar-refractivity contribution in [2.75, 3.05) is 13.2 Å². The van der Waals surface area contributed by atoms with Crippen molar-refractivity contribution in [2.24, 2.45) is 5.73 Å². The summed E-state index contributed by atoms with van der Waals surface area (Å²) >= 11 is 0. The van der Waals surface area contributed by atoms with Crippen LogP contribution in [0.1, 0.15) is 181 Å². The summed E-state index contributed by atoms with van der Waals surface area (Å²) in [6.07, 6.45) is 27.3. The van der Waals surface area contributed by atoms with Gasteiger partial charge in [0.1, 0.15) is 18.3 Å². The smallest absolute Gasteiger partial charge is 0.224 e. The average molecular weight is 613 g/mol. The number of rotatable bonds is 29. The lowest BCUT2D eigenvalue weighted by Crippen LogP contribution is -2.66. The summed E-state index contributed by atoms with van der Waals surface area (Å²) in [4.78, 5) is 14.9. The van der Waals surface area contributed by atoms with E-state index in [-0.39, 0.29) is 12.5 Å². The first-order valence-corrected chi connectivity index (χ1v) is 18.6. The van der Waals surface area contributed by atoms with Gasteiger partial charge in [0.05, 0.1) is 12.6 Å². The third kappa shape index (κ3) is 18.7. The molecule has 7 heteroatoms. The molecule has 0 aliphatic carbocycles. The highest BCUT2D eigenvalue weighted by Gasteiger charge is 2.45. The number of hydrogen-bond donors (Lipinski definition) is 4. The third-order valence-corrected chi connectivity index (χ3v) is 9.33. The van der Waals surface area contributed by atoms with E-state index in [1.807, 2.05) is 0 Å². The van der Waals surface area contributed by atoms with Crippen LogP contribution in [0.4, 0.5) is 0 Å². The van der Waals surface area contributed by atoms with Crippen molar-refractivity contribution in [2.45, 2.75) is 211 Å². The fourth-order valence-electron chi connectivity index (χ4n) is 6.34. The molecule has 256 valence electrons. The molecule has 1 fully saturated rings. The Bertz CT molecular complexity index is 635. The summed E-state index contributed by atoms with van der Waals surface area (Å²) in [5.41, 5.74) is 5.97. The van der Waals surface area contributed by atoms with Crippen LogP contribution in [-0.4, -0.2) is 69.9 Å². The Morgan fingerprint density at radius 1 is 0.605 bits per heavy atom. The predicted octanol–water partition coefficient (Wildman–Crippen LogP) is 7.76. The quantitative estimate of drug-likeness (QED) is 0.0642. The van der Waals surface area contributed by atoms with Crippen LogP contribution in [-0.2, 0) is 9.53 Å². The summed E-state index contributed by atoms with van der Waals surface area (Å²) in [6, 6.07) is -0.888. The van der Waals surface area contributed by atoms with E-state index in [1.54, 1.807) is 4.90 Å². The second-order valence-corrected chi connectivity index (χ2v) is 13.3. The van der Waals surface area contributed by atoms with Crippen LogP contribution in [0, 0.1) is 0 Å². The van der Waals surface area contributed by atoms with Crippen molar-refractivity contribution in [3.63, 3.8) is 0 Å². The van der Waals surface area contributed by atoms with Gasteiger partial charge >= 0.3 is 0 Å². The maximum atomic E-state index is 13.3. The highest BCUT2D eigenvalue weighted by atomic mass is 16.5. The second kappa shape index (κ2) is 27.6. The van der Waals surface area contributed by atoms with Gasteiger partial charge in [-0.2, -0.15) is 0 Å². The highest BCUT2D eigenvalue weighted by molar-refractivity contribution is 5.76. The van der Waals surface area contributed by atoms with E-state index >= 15 is 0 Å². The molecule has 7 nitrogen and oxygen atoms in total. The molecule has 0 unspecified atom stereocenters. The maximum absolute atomic E-state index is 13.3. The standard InChI is InChI=1S/C36H72N2O5/c1-3-5-7-9-11-13-14-15-16-17-18-19-21-23-25-27-29-38(36-35(42)34(41)33(37)31(30-39)43-36)32(40)28-26-24-22-20-12-10-8-6-4-2/h31,33-36,39,41-42H,3-30,37H2,1-2H3/t31-,33-,34+,35-,36-/m1/s1. The highest BCUT2D eigenvalue weighted by Crippen LogP contribution is 2.25. The van der Waals surface area contributed by atoms with Crippen LogP contribution >= 0.6 is 0 Å². The van der Waals surface area contributed by atoms with Gasteiger partial charge in [0.25, 0.3) is 0 Å². The minimum Gasteiger partial charge on any atom is -0.394 e. The number of aliphatic hydroxyl groups excluding tert-OH is 3. The summed E-state index contributed by atoms with van der Waals surface area (Å²) in [7, 11) is 0. The molecule has 43 heavy (non-hydrogen) atoms. The zero-order valence-electron chi connectivity index (χ0n) is 28.4. The third-order valence-electron chi connectivity index (χ3n) is 9.33. The van der Waals surface area contributed by atoms with Crippen LogP contribution in [0.25, 0.3) is 0 Å². The monoisotopic (exact) mass is 613 g/mol. The van der Waals surface area contributed by atoms with Crippen molar-refractivity contribution in [3.05, 3.63) is 0 Å². The number of hydrogen-bond acceptors (Lipinski definition) is 6. The number of amides is 1. The van der Waals surface area contributed by atoms with Crippen LogP contribution in [0.15, 0.2) is 0 Å². The molecule has 0 radical (unpaired) electrons. The van der Waals surface area contributed by atoms with Gasteiger partial charge in [0.15, 0.2) is 6.23 Å². The predicted molar refractivity (Wildman–Crippen MR) is 179 cm³/mol. The largest absolute Gasteiger partial charge is 0.394 e. The van der Waals surface area contributed by atoms with E-state index in [2.05, 4.69) is 13.8 Å². The van der Waals surface area contributed by atoms with E-state index in [0.29, 0.717) is 13.0 Å². The molecular weight excluding hydrogens is 540 g/mol. The normalized spacial score (nSPS) is 22.2. The van der Waals surface area contributed by atoms with Gasteiger partial charge in [-0.25, -0.2) is 0 Å². The Labute approximate surface area is 265 Å². The van der Waals surface area contributed by atoms with Crippen molar-refractivity contribution < 1.29 is 24.9 Å². The SMILES string of the molecule is CCCCCCCCCCCCCCCCCCN(C(=O)CCCCCCCCCCC)[C@@H]1O[C@H](CO)[C@@H](N)[C@H](O)[C@H]1O. The molecule has 1 aliphatic rings. The van der Waals surface area contributed by atoms with Crippen LogP contribution in [0.2, 0.25) is 0 Å². The maximum Gasteiger partial charge on any atom is 0.224 e. The zero-order chi connectivity index (χ0) is 31.5. The van der Waals surface area contributed by atoms with Crippen LogP contribution in [0.3, 0.4) is 0 Å². The van der Waals surface area contributed by atoms with Gasteiger partial charge in [-0.3, -0.25) is 4.79 Å². The average Bonchev–Trinajstić information content (AvgIpc) is 3.01. The molecule has 1 heterocycles. The lowest BCUT2D eigenvalue weighted by molar-refractivity contribution is -0.232. The zero-order valence-corrected chi connectivity index (χ0v) is 28.4. The molecule has 1 rings (SSSR count). The van der Waals surface area contributed by atoms with Crippen LogP contribution in [0.5, 0.6) is 0 Å². The fourth-order valence-corrected chi connectivity index (χ4v) is 6.34. The van der Waals surface area contributed by atoms with E-state index in [1.165, 1.54) is 122 Å². The Balaban J connectivity index is 2.33. The molecule has 0 saturated carbocycles. The van der Waals surface area contributed by atoms with Crippen molar-refractivity contribution >= 4 is 5.91 Å². The Morgan fingerprint density at radius 3 is 1.37 bits per heavy atom. The number of nitrogens with zero attached hydrogens (tertiary/aromatic N) is 1. The number of unbranched alkanes of at least 4 members (excludes halogenated alkanes) is 23. The van der Waals surface area contributed by atoms with Crippen molar-refractivity contribution in [1.29, 1.82) is 0 Å². The Hall–Kier alpha value is -0.730. The summed E-state index contributed by atoms with van der Waals surface area (Å²) < 4.78 is 5.90. The molecule has 0 aromatic heterocycles. The molecule has 1 saturated heterocycles. The van der Waals surface area contributed by atoms with Gasteiger partial charge in [0, 0.05) is 13.0 Å². The Morgan fingerprint density at radius 2 is 0.977 bits per heavy atom. The van der Waals surface area contributed by atoms with Crippen molar-refractivity contribution in [3.8, 4) is 0 Å². The molecule has 1 aliphatic heterocycles. The van der Waals surface area contributed by atoms with E-state index in [0.717, 1.165) is 38.5 Å². The van der Waals surface area contributed by atoms with E-state index in [9.17, 15) is 20.1 Å². The number of nitrogens with two attached hydrogens (primary N) is 1. The second-order valence-electron chi connectivity index (χ2n) is 13.3. The number of carbonyl (C=O) groups is 1. The van der Waals surface area contributed by atoms with Gasteiger partial charge in [-0.15, -0.1) is 0 Å². The minimum atomic E-state index is -1.29. The van der Waals surface area contributed by atoms with Gasteiger partial charge in [-0.05, 0) is 12.8 Å². The molecule has 0 aromatic rings. The molecule has 5 atom stereocenters. The lowest BCUT2D eigenvalue weighted by Gasteiger charge is -2.45. The lowest BCUT2D eigenvalue weighted by atomic mass is 9.95. The van der Waals surface area contributed by atoms with Gasteiger partial charge < -0.3 is 30.7 Å². The molecule has 0 bridgehead atoms. The minimum absolute atomic E-state index is 0.0488. The van der Waals surface area contributed by atoms with Crippen molar-refractivity contribution in [1.82, 2.24) is 4.90 Å². The first-order valence-electron chi connectivity index (χ1n) is 18.6. The number of carbonyl (C=O) groups excluding carboxylic acids is 1.